The molecule has 0 atom stereocenters. The second kappa shape index (κ2) is 9.43. The molecule has 37 heavy (non-hydrogen) atoms. The Bertz CT molecular complexity index is 1560. The van der Waals surface area contributed by atoms with Gasteiger partial charge in [0.2, 0.25) is 10.0 Å². The highest BCUT2D eigenvalue weighted by Gasteiger charge is 2.38. The van der Waals surface area contributed by atoms with Gasteiger partial charge in [-0.1, -0.05) is 18.2 Å². The first-order valence-corrected chi connectivity index (χ1v) is 14.1. The molecule has 1 aromatic heterocycles. The van der Waals surface area contributed by atoms with E-state index in [4.69, 9.17) is 4.74 Å². The van der Waals surface area contributed by atoms with Crippen molar-refractivity contribution in [2.75, 3.05) is 12.4 Å². The first kappa shape index (κ1) is 23.9. The van der Waals surface area contributed by atoms with Gasteiger partial charge in [-0.2, -0.15) is 4.31 Å². The number of anilines is 1. The highest BCUT2D eigenvalue weighted by molar-refractivity contribution is 7.89. The highest BCUT2D eigenvalue weighted by Crippen LogP contribution is 2.36. The van der Waals surface area contributed by atoms with Crippen molar-refractivity contribution in [3.8, 4) is 16.9 Å². The van der Waals surface area contributed by atoms with E-state index in [2.05, 4.69) is 46.5 Å². The zero-order valence-corrected chi connectivity index (χ0v) is 21.8. The Morgan fingerprint density at radius 3 is 2.49 bits per heavy atom. The maximum absolute atomic E-state index is 13.6. The van der Waals surface area contributed by atoms with Gasteiger partial charge in [-0.15, -0.1) is 0 Å². The predicted molar refractivity (Wildman–Crippen MR) is 145 cm³/mol. The van der Waals surface area contributed by atoms with Crippen LogP contribution in [0, 0.1) is 6.92 Å². The standard InChI is InChI=1S/C29H30N4O3S/c1-19-14-28-27(29(31-18-30-28)32-22-6-7-22)16-26(19)21-5-3-4-20(15-21)17-33(23-8-9-23)37(34,35)25-12-10-24(36-2)11-13-25/h3-5,10-16,18,22-23H,6-9,17H2,1-2H3,(H,30,31,32). The van der Waals surface area contributed by atoms with Crippen molar-refractivity contribution in [1.29, 1.82) is 0 Å². The summed E-state index contributed by atoms with van der Waals surface area (Å²) in [4.78, 5) is 9.27. The molecule has 0 aliphatic heterocycles. The number of fused-ring (bicyclic) bond motifs is 1. The van der Waals surface area contributed by atoms with Gasteiger partial charge >= 0.3 is 0 Å². The van der Waals surface area contributed by atoms with Crippen LogP contribution in [-0.2, 0) is 16.6 Å². The van der Waals surface area contributed by atoms with Gasteiger partial charge in [-0.3, -0.25) is 0 Å². The van der Waals surface area contributed by atoms with Crippen molar-refractivity contribution < 1.29 is 13.2 Å². The van der Waals surface area contributed by atoms with Crippen molar-refractivity contribution >= 4 is 26.7 Å². The number of nitrogens with zero attached hydrogens (tertiary/aromatic N) is 3. The summed E-state index contributed by atoms with van der Waals surface area (Å²) in [5.74, 6) is 1.51. The lowest BCUT2D eigenvalue weighted by molar-refractivity contribution is 0.398. The van der Waals surface area contributed by atoms with Crippen molar-refractivity contribution in [3.63, 3.8) is 0 Å². The van der Waals surface area contributed by atoms with Crippen LogP contribution in [0.25, 0.3) is 22.0 Å². The minimum absolute atomic E-state index is 0.0337. The monoisotopic (exact) mass is 514 g/mol. The molecule has 2 aliphatic rings. The van der Waals surface area contributed by atoms with Crippen molar-refractivity contribution in [2.24, 2.45) is 0 Å². The van der Waals surface area contributed by atoms with E-state index in [1.165, 1.54) is 12.8 Å². The average molecular weight is 515 g/mol. The lowest BCUT2D eigenvalue weighted by Crippen LogP contribution is -2.32. The van der Waals surface area contributed by atoms with E-state index in [1.807, 2.05) is 12.1 Å². The maximum atomic E-state index is 13.6. The SMILES string of the molecule is COc1ccc(S(=O)(=O)N(Cc2cccc(-c3cc4c(NC5CC5)ncnc4cc3C)c2)C2CC2)cc1. The molecule has 1 heterocycles. The molecule has 2 aliphatic carbocycles. The molecule has 8 heteroatoms. The molecule has 4 aromatic rings. The maximum Gasteiger partial charge on any atom is 0.243 e. The van der Waals surface area contributed by atoms with Crippen LogP contribution in [0.4, 0.5) is 5.82 Å². The number of hydrogen-bond acceptors (Lipinski definition) is 6. The molecule has 0 spiro atoms. The largest absolute Gasteiger partial charge is 0.497 e. The third kappa shape index (κ3) is 4.91. The number of methoxy groups -OCH3 is 1. The second-order valence-electron chi connectivity index (χ2n) is 9.98. The molecule has 0 radical (unpaired) electrons. The number of benzene rings is 3. The zero-order valence-electron chi connectivity index (χ0n) is 21.0. The number of aryl methyl sites for hydroxylation is 1. The fourth-order valence-corrected chi connectivity index (χ4v) is 6.40. The molecule has 3 aromatic carbocycles. The molecule has 7 nitrogen and oxygen atoms in total. The Balaban J connectivity index is 1.33. The van der Waals surface area contributed by atoms with E-state index in [0.717, 1.165) is 51.8 Å². The Morgan fingerprint density at radius 2 is 1.78 bits per heavy atom. The van der Waals surface area contributed by atoms with Crippen LogP contribution < -0.4 is 10.1 Å². The molecule has 2 fully saturated rings. The first-order chi connectivity index (χ1) is 17.9. The Hall–Kier alpha value is -3.49. The average Bonchev–Trinajstić information content (AvgIpc) is 3.83. The van der Waals surface area contributed by atoms with Crippen LogP contribution in [0.1, 0.15) is 36.8 Å². The van der Waals surface area contributed by atoms with Gasteiger partial charge in [0.1, 0.15) is 17.9 Å². The molecule has 190 valence electrons. The van der Waals surface area contributed by atoms with Crippen LogP contribution in [0.3, 0.4) is 0 Å². The van der Waals surface area contributed by atoms with Gasteiger partial charge in [-0.25, -0.2) is 18.4 Å². The Morgan fingerprint density at radius 1 is 1.00 bits per heavy atom. The van der Waals surface area contributed by atoms with Crippen molar-refractivity contribution in [2.45, 2.75) is 56.1 Å². The van der Waals surface area contributed by atoms with Gasteiger partial charge in [0.15, 0.2) is 0 Å². The van der Waals surface area contributed by atoms with Gasteiger partial charge in [0.05, 0.1) is 17.5 Å². The summed E-state index contributed by atoms with van der Waals surface area (Å²) in [5, 5.41) is 4.52. The fraction of sp³-hybridized carbons (Fsp3) is 0.310. The quantitative estimate of drug-likeness (QED) is 0.316. The number of aromatic nitrogens is 2. The summed E-state index contributed by atoms with van der Waals surface area (Å²) in [7, 11) is -2.06. The van der Waals surface area contributed by atoms with E-state index < -0.39 is 10.0 Å². The van der Waals surface area contributed by atoms with Crippen LogP contribution in [0.2, 0.25) is 0 Å². The number of nitrogens with one attached hydrogen (secondary N) is 1. The van der Waals surface area contributed by atoms with Crippen LogP contribution in [0.5, 0.6) is 5.75 Å². The molecular formula is C29H30N4O3S. The van der Waals surface area contributed by atoms with E-state index in [9.17, 15) is 8.42 Å². The lowest BCUT2D eigenvalue weighted by Gasteiger charge is -2.22. The molecule has 6 rings (SSSR count). The van der Waals surface area contributed by atoms with Crippen LogP contribution >= 0.6 is 0 Å². The number of hydrogen-bond donors (Lipinski definition) is 1. The molecule has 2 saturated carbocycles. The first-order valence-electron chi connectivity index (χ1n) is 12.7. The summed E-state index contributed by atoms with van der Waals surface area (Å²) in [5.41, 5.74) is 5.14. The van der Waals surface area contributed by atoms with Crippen molar-refractivity contribution in [1.82, 2.24) is 14.3 Å². The molecule has 0 amide bonds. The minimum Gasteiger partial charge on any atom is -0.497 e. The zero-order chi connectivity index (χ0) is 25.6. The highest BCUT2D eigenvalue weighted by atomic mass is 32.2. The summed E-state index contributed by atoms with van der Waals surface area (Å²) in [6.07, 6.45) is 5.72. The fourth-order valence-electron chi connectivity index (χ4n) is 4.73. The molecule has 0 saturated heterocycles. The molecular weight excluding hydrogens is 484 g/mol. The van der Waals surface area contributed by atoms with Crippen LogP contribution in [0.15, 0.2) is 71.9 Å². The summed E-state index contributed by atoms with van der Waals surface area (Å²) in [6.45, 7) is 2.42. The number of sulfonamides is 1. The molecule has 0 bridgehead atoms. The summed E-state index contributed by atoms with van der Waals surface area (Å²) in [6, 6.07) is 19.6. The van der Waals surface area contributed by atoms with Crippen LogP contribution in [-0.4, -0.2) is 41.9 Å². The van der Waals surface area contributed by atoms with E-state index >= 15 is 0 Å². The van der Waals surface area contributed by atoms with E-state index in [-0.39, 0.29) is 10.9 Å². The molecule has 1 N–H and O–H groups in total. The second-order valence-corrected chi connectivity index (χ2v) is 11.9. The van der Waals surface area contributed by atoms with Gasteiger partial charge in [0, 0.05) is 24.0 Å². The number of ether oxygens (including phenoxy) is 1. The van der Waals surface area contributed by atoms with Gasteiger partial charge < -0.3 is 10.1 Å². The summed E-state index contributed by atoms with van der Waals surface area (Å²) >= 11 is 0. The third-order valence-corrected chi connectivity index (χ3v) is 9.01. The molecule has 0 unspecified atom stereocenters. The third-order valence-electron chi connectivity index (χ3n) is 7.10. The normalized spacial score (nSPS) is 15.8. The smallest absolute Gasteiger partial charge is 0.243 e. The predicted octanol–water partition coefficient (Wildman–Crippen LogP) is 5.54. The van der Waals surface area contributed by atoms with Gasteiger partial charge in [-0.05, 0) is 97.3 Å². The minimum atomic E-state index is -3.63. The van der Waals surface area contributed by atoms with E-state index in [1.54, 1.807) is 42.0 Å². The Labute approximate surface area is 217 Å². The topological polar surface area (TPSA) is 84.4 Å². The number of rotatable bonds is 9. The lowest BCUT2D eigenvalue weighted by atomic mass is 9.97. The van der Waals surface area contributed by atoms with E-state index in [0.29, 0.717) is 18.3 Å². The van der Waals surface area contributed by atoms with Crippen molar-refractivity contribution in [3.05, 3.63) is 78.1 Å². The Kier molecular flexibility index (Phi) is 6.09. The summed E-state index contributed by atoms with van der Waals surface area (Å²) < 4.78 is 34.0. The van der Waals surface area contributed by atoms with Gasteiger partial charge in [0.25, 0.3) is 0 Å².